The molecule has 0 saturated heterocycles. The van der Waals surface area contributed by atoms with Crippen LogP contribution in [-0.4, -0.2) is 29.9 Å². The summed E-state index contributed by atoms with van der Waals surface area (Å²) >= 11 is 1.08. The van der Waals surface area contributed by atoms with Crippen LogP contribution in [0.3, 0.4) is 0 Å². The van der Waals surface area contributed by atoms with Gasteiger partial charge in [-0.25, -0.2) is 4.79 Å². The van der Waals surface area contributed by atoms with Crippen LogP contribution in [0.2, 0.25) is 0 Å². The molecule has 0 saturated carbocycles. The zero-order valence-corrected chi connectivity index (χ0v) is 19.5. The molecular formula is C24H39NO4S. The third kappa shape index (κ3) is 9.52. The number of aliphatic carboxylic acids is 1. The van der Waals surface area contributed by atoms with E-state index in [1.165, 1.54) is 58.5 Å². The van der Waals surface area contributed by atoms with Gasteiger partial charge in [0.05, 0.1) is 13.5 Å². The normalized spacial score (nSPS) is 13.0. The second kappa shape index (κ2) is 15.3. The lowest BCUT2D eigenvalue weighted by atomic mass is 9.95. The van der Waals surface area contributed by atoms with Crippen molar-refractivity contribution in [2.45, 2.75) is 88.8 Å². The summed E-state index contributed by atoms with van der Waals surface area (Å²) in [5.74, 6) is -1.16. The van der Waals surface area contributed by atoms with Crippen molar-refractivity contribution in [3.8, 4) is 0 Å². The lowest BCUT2D eigenvalue weighted by Gasteiger charge is -2.27. The molecule has 1 aromatic rings. The average molecular weight is 438 g/mol. The molecule has 0 aliphatic carbocycles. The average Bonchev–Trinajstić information content (AvgIpc) is 2.74. The number of hydrogen-bond donors (Lipinski definition) is 2. The molecule has 5 nitrogen and oxygen atoms in total. The summed E-state index contributed by atoms with van der Waals surface area (Å²) < 4.78 is 4.63. The minimum atomic E-state index is -1.57. The Morgan fingerprint density at radius 1 is 1.00 bits per heavy atom. The Hall–Kier alpha value is -1.53. The molecule has 1 aromatic carbocycles. The van der Waals surface area contributed by atoms with Crippen molar-refractivity contribution in [1.82, 2.24) is 0 Å². The van der Waals surface area contributed by atoms with Gasteiger partial charge < -0.3 is 15.6 Å². The first kappa shape index (κ1) is 26.5. The second-order valence-electron chi connectivity index (χ2n) is 7.80. The molecule has 0 spiro atoms. The molecule has 0 amide bonds. The molecule has 170 valence electrons. The van der Waals surface area contributed by atoms with E-state index in [1.807, 2.05) is 18.2 Å². The van der Waals surface area contributed by atoms with E-state index in [0.29, 0.717) is 11.3 Å². The summed E-state index contributed by atoms with van der Waals surface area (Å²) in [7, 11) is 1.32. The summed E-state index contributed by atoms with van der Waals surface area (Å²) in [6.45, 7) is 2.24. The molecule has 1 rings (SSSR count). The van der Waals surface area contributed by atoms with E-state index < -0.39 is 10.8 Å². The van der Waals surface area contributed by atoms with Crippen molar-refractivity contribution < 1.29 is 19.4 Å². The SMILES string of the molecule is CCCCCCCCCCCCc1ccccc1C(N)(SCCC(=O)OC)C(=O)O. The predicted molar refractivity (Wildman–Crippen MR) is 125 cm³/mol. The number of nitrogens with two attached hydrogens (primary N) is 1. The maximum absolute atomic E-state index is 12.0. The van der Waals surface area contributed by atoms with Gasteiger partial charge in [-0.3, -0.25) is 4.79 Å². The minimum Gasteiger partial charge on any atom is -0.479 e. The van der Waals surface area contributed by atoms with E-state index in [1.54, 1.807) is 6.07 Å². The quantitative estimate of drug-likeness (QED) is 0.186. The summed E-state index contributed by atoms with van der Waals surface area (Å²) in [4.78, 5) is 21.8. The molecule has 3 N–H and O–H groups in total. The number of thioether (sulfide) groups is 1. The number of ether oxygens (including phenoxy) is 1. The smallest absolute Gasteiger partial charge is 0.339 e. The highest BCUT2D eigenvalue weighted by Gasteiger charge is 2.38. The van der Waals surface area contributed by atoms with Crippen LogP contribution in [0.15, 0.2) is 24.3 Å². The molecule has 6 heteroatoms. The van der Waals surface area contributed by atoms with Crippen LogP contribution >= 0.6 is 11.8 Å². The zero-order valence-electron chi connectivity index (χ0n) is 18.7. The number of carboxylic acid groups (broad SMARTS) is 1. The van der Waals surface area contributed by atoms with Crippen molar-refractivity contribution in [2.24, 2.45) is 5.73 Å². The maximum Gasteiger partial charge on any atom is 0.339 e. The van der Waals surface area contributed by atoms with Crippen LogP contribution in [0.4, 0.5) is 0 Å². The number of unbranched alkanes of at least 4 members (excludes halogenated alkanes) is 9. The number of esters is 1. The summed E-state index contributed by atoms with van der Waals surface area (Å²) in [6.07, 6.45) is 13.6. The van der Waals surface area contributed by atoms with E-state index in [0.717, 1.165) is 36.6 Å². The van der Waals surface area contributed by atoms with Crippen LogP contribution in [0.5, 0.6) is 0 Å². The molecule has 0 radical (unpaired) electrons. The van der Waals surface area contributed by atoms with Gasteiger partial charge in [0.25, 0.3) is 0 Å². The van der Waals surface area contributed by atoms with E-state index in [4.69, 9.17) is 5.73 Å². The van der Waals surface area contributed by atoms with Gasteiger partial charge in [-0.15, -0.1) is 11.8 Å². The number of carbonyl (C=O) groups is 2. The van der Waals surface area contributed by atoms with Crippen molar-refractivity contribution in [3.05, 3.63) is 35.4 Å². The molecule has 0 fully saturated rings. The number of methoxy groups -OCH3 is 1. The first-order chi connectivity index (χ1) is 14.5. The lowest BCUT2D eigenvalue weighted by molar-refractivity contribution is -0.141. The Balaban J connectivity index is 2.52. The van der Waals surface area contributed by atoms with Crippen LogP contribution < -0.4 is 5.73 Å². The molecule has 0 aromatic heterocycles. The van der Waals surface area contributed by atoms with Gasteiger partial charge in [0.15, 0.2) is 4.87 Å². The molecule has 1 atom stereocenters. The Kier molecular flexibility index (Phi) is 13.5. The minimum absolute atomic E-state index is 0.133. The molecule has 30 heavy (non-hydrogen) atoms. The highest BCUT2D eigenvalue weighted by molar-refractivity contribution is 8.00. The fourth-order valence-corrected chi connectivity index (χ4v) is 4.62. The number of aryl methyl sites for hydroxylation is 1. The number of carboxylic acids is 1. The summed E-state index contributed by atoms with van der Waals surface area (Å²) in [5, 5.41) is 9.82. The van der Waals surface area contributed by atoms with Crippen molar-refractivity contribution in [3.63, 3.8) is 0 Å². The van der Waals surface area contributed by atoms with Gasteiger partial charge in [-0.1, -0.05) is 89.0 Å². The Labute approximate surface area is 186 Å². The van der Waals surface area contributed by atoms with Crippen LogP contribution in [0, 0.1) is 0 Å². The van der Waals surface area contributed by atoms with E-state index in [-0.39, 0.29) is 12.4 Å². The number of rotatable bonds is 17. The van der Waals surface area contributed by atoms with Gasteiger partial charge in [-0.2, -0.15) is 0 Å². The highest BCUT2D eigenvalue weighted by Crippen LogP contribution is 2.35. The Morgan fingerprint density at radius 3 is 2.13 bits per heavy atom. The molecule has 0 heterocycles. The van der Waals surface area contributed by atoms with Gasteiger partial charge >= 0.3 is 11.9 Å². The zero-order chi connectivity index (χ0) is 22.2. The second-order valence-corrected chi connectivity index (χ2v) is 9.15. The largest absolute Gasteiger partial charge is 0.479 e. The predicted octanol–water partition coefficient (Wildman–Crippen LogP) is 5.64. The molecule has 0 bridgehead atoms. The maximum atomic E-state index is 12.0. The van der Waals surface area contributed by atoms with Gasteiger partial charge in [0.1, 0.15) is 0 Å². The topological polar surface area (TPSA) is 89.6 Å². The number of benzene rings is 1. The summed E-state index contributed by atoms with van der Waals surface area (Å²) in [5.41, 5.74) is 7.93. The van der Waals surface area contributed by atoms with Crippen LogP contribution in [-0.2, 0) is 25.6 Å². The number of hydrogen-bond acceptors (Lipinski definition) is 5. The monoisotopic (exact) mass is 437 g/mol. The fourth-order valence-electron chi connectivity index (χ4n) is 3.56. The summed E-state index contributed by atoms with van der Waals surface area (Å²) in [6, 6.07) is 7.51. The molecular weight excluding hydrogens is 398 g/mol. The fraction of sp³-hybridized carbons (Fsp3) is 0.667. The van der Waals surface area contributed by atoms with Crippen molar-refractivity contribution >= 4 is 23.7 Å². The van der Waals surface area contributed by atoms with Gasteiger partial charge in [0.2, 0.25) is 0 Å². The van der Waals surface area contributed by atoms with Gasteiger partial charge in [-0.05, 0) is 24.0 Å². The third-order valence-corrected chi connectivity index (χ3v) is 6.66. The highest BCUT2D eigenvalue weighted by atomic mass is 32.2. The molecule has 0 aliphatic rings. The Bertz CT molecular complexity index is 637. The van der Waals surface area contributed by atoms with Gasteiger partial charge in [0, 0.05) is 5.75 Å². The van der Waals surface area contributed by atoms with Crippen LogP contribution in [0.1, 0.15) is 88.7 Å². The van der Waals surface area contributed by atoms with E-state index in [9.17, 15) is 14.7 Å². The van der Waals surface area contributed by atoms with Crippen molar-refractivity contribution in [2.75, 3.05) is 12.9 Å². The molecule has 1 unspecified atom stereocenters. The first-order valence-corrected chi connectivity index (χ1v) is 12.3. The standard InChI is InChI=1S/C24H39NO4S/c1-3-4-5-6-7-8-9-10-11-12-15-20-16-13-14-17-21(20)24(25,23(27)28)30-19-18-22(26)29-2/h13-14,16-17H,3-12,15,18-19,25H2,1-2H3,(H,27,28). The number of carbonyl (C=O) groups excluding carboxylic acids is 1. The lowest BCUT2D eigenvalue weighted by Crippen LogP contribution is -2.43. The van der Waals surface area contributed by atoms with E-state index in [2.05, 4.69) is 11.7 Å². The molecule has 0 aliphatic heterocycles. The third-order valence-electron chi connectivity index (χ3n) is 5.40. The van der Waals surface area contributed by atoms with Crippen molar-refractivity contribution in [1.29, 1.82) is 0 Å². The van der Waals surface area contributed by atoms with E-state index >= 15 is 0 Å². The van der Waals surface area contributed by atoms with Crippen LogP contribution in [0.25, 0.3) is 0 Å². The Morgan fingerprint density at radius 2 is 1.57 bits per heavy atom. The first-order valence-electron chi connectivity index (χ1n) is 11.3.